The molecule has 1 unspecified atom stereocenters. The van der Waals surface area contributed by atoms with Crippen LogP contribution in [0.15, 0.2) is 36.5 Å². The Bertz CT molecular complexity index is 959. The van der Waals surface area contributed by atoms with E-state index in [1.807, 2.05) is 0 Å². The highest BCUT2D eigenvalue weighted by atomic mass is 32.2. The molecule has 1 amide bonds. The molecule has 1 fully saturated rings. The smallest absolute Gasteiger partial charge is 0.274 e. The van der Waals surface area contributed by atoms with Crippen LogP contribution in [0.5, 0.6) is 11.5 Å². The van der Waals surface area contributed by atoms with Crippen molar-refractivity contribution in [2.75, 3.05) is 35.4 Å². The van der Waals surface area contributed by atoms with Crippen molar-refractivity contribution in [2.24, 2.45) is 0 Å². The predicted molar refractivity (Wildman–Crippen MR) is 100 cm³/mol. The van der Waals surface area contributed by atoms with E-state index < -0.39 is 9.84 Å². The first-order valence-corrected chi connectivity index (χ1v) is 10.4. The number of amides is 1. The molecule has 4 rings (SSSR count). The van der Waals surface area contributed by atoms with Crippen molar-refractivity contribution in [3.05, 3.63) is 42.2 Å². The van der Waals surface area contributed by atoms with Gasteiger partial charge in [-0.05, 0) is 30.7 Å². The second-order valence-electron chi connectivity index (χ2n) is 6.49. The van der Waals surface area contributed by atoms with Gasteiger partial charge in [0.1, 0.15) is 18.9 Å². The summed E-state index contributed by atoms with van der Waals surface area (Å²) in [7, 11) is -2.94. The third-order valence-electron chi connectivity index (χ3n) is 4.40. The summed E-state index contributed by atoms with van der Waals surface area (Å²) >= 11 is 0. The van der Waals surface area contributed by atoms with Crippen LogP contribution < -0.4 is 20.1 Å². The van der Waals surface area contributed by atoms with Gasteiger partial charge in [0.25, 0.3) is 5.91 Å². The normalized spacial score (nSPS) is 20.1. The Morgan fingerprint density at radius 3 is 2.56 bits per heavy atom. The number of carbonyl (C=O) groups is 1. The van der Waals surface area contributed by atoms with Gasteiger partial charge in [-0.1, -0.05) is 0 Å². The maximum atomic E-state index is 12.4. The van der Waals surface area contributed by atoms with Crippen LogP contribution in [0, 0.1) is 0 Å². The number of fused-ring (bicyclic) bond motifs is 1. The number of rotatable bonds is 4. The molecular formula is C18H19N3O5S. The number of pyridine rings is 1. The number of sulfone groups is 1. The van der Waals surface area contributed by atoms with Gasteiger partial charge in [-0.25, -0.2) is 13.4 Å². The third kappa shape index (κ3) is 4.13. The lowest BCUT2D eigenvalue weighted by atomic mass is 10.2. The highest BCUT2D eigenvalue weighted by molar-refractivity contribution is 7.91. The van der Waals surface area contributed by atoms with E-state index >= 15 is 0 Å². The first-order chi connectivity index (χ1) is 13.0. The lowest BCUT2D eigenvalue weighted by molar-refractivity contribution is 0.102. The first kappa shape index (κ1) is 17.6. The standard InChI is InChI=1S/C18H19N3O5S/c22-18(21-12-2-4-16-17(9-12)26-7-6-25-16)15-3-1-13(10-19-15)20-14-5-8-27(23,24)11-14/h1-4,9-10,14,20H,5-8,11H2,(H,21,22). The maximum Gasteiger partial charge on any atom is 0.274 e. The van der Waals surface area contributed by atoms with Gasteiger partial charge in [0.05, 0.1) is 23.4 Å². The van der Waals surface area contributed by atoms with Crippen molar-refractivity contribution >= 4 is 27.1 Å². The molecule has 0 radical (unpaired) electrons. The molecule has 0 saturated carbocycles. The lowest BCUT2D eigenvalue weighted by Gasteiger charge is -2.19. The van der Waals surface area contributed by atoms with Gasteiger partial charge in [-0.15, -0.1) is 0 Å². The van der Waals surface area contributed by atoms with Crippen LogP contribution in [-0.4, -0.2) is 50.1 Å². The second-order valence-corrected chi connectivity index (χ2v) is 8.72. The molecule has 1 atom stereocenters. The molecule has 0 aliphatic carbocycles. The second kappa shape index (κ2) is 7.07. The summed E-state index contributed by atoms with van der Waals surface area (Å²) in [6.45, 7) is 0.985. The van der Waals surface area contributed by atoms with Crippen LogP contribution in [0.25, 0.3) is 0 Å². The number of hydrogen-bond acceptors (Lipinski definition) is 7. The van der Waals surface area contributed by atoms with Gasteiger partial charge >= 0.3 is 0 Å². The third-order valence-corrected chi connectivity index (χ3v) is 6.17. The molecule has 3 heterocycles. The summed E-state index contributed by atoms with van der Waals surface area (Å²) in [5.74, 6) is 1.23. The van der Waals surface area contributed by atoms with Gasteiger partial charge in [-0.3, -0.25) is 4.79 Å². The highest BCUT2D eigenvalue weighted by Gasteiger charge is 2.27. The first-order valence-electron chi connectivity index (χ1n) is 8.62. The average molecular weight is 389 g/mol. The van der Waals surface area contributed by atoms with E-state index in [1.54, 1.807) is 30.3 Å². The lowest BCUT2D eigenvalue weighted by Crippen LogP contribution is -2.21. The maximum absolute atomic E-state index is 12.4. The van der Waals surface area contributed by atoms with E-state index in [-0.39, 0.29) is 29.1 Å². The number of nitrogens with zero attached hydrogens (tertiary/aromatic N) is 1. The van der Waals surface area contributed by atoms with E-state index in [2.05, 4.69) is 15.6 Å². The van der Waals surface area contributed by atoms with Gasteiger partial charge in [0.15, 0.2) is 21.3 Å². The number of anilines is 2. The Morgan fingerprint density at radius 2 is 1.85 bits per heavy atom. The minimum Gasteiger partial charge on any atom is -0.486 e. The number of nitrogens with one attached hydrogen (secondary N) is 2. The fourth-order valence-corrected chi connectivity index (χ4v) is 4.75. The Hall–Kier alpha value is -2.81. The summed E-state index contributed by atoms with van der Waals surface area (Å²) in [5.41, 5.74) is 1.53. The molecule has 2 aromatic rings. The summed E-state index contributed by atoms with van der Waals surface area (Å²) < 4.78 is 34.0. The zero-order chi connectivity index (χ0) is 18.9. The van der Waals surface area contributed by atoms with Crippen LogP contribution in [0.3, 0.4) is 0 Å². The van der Waals surface area contributed by atoms with Crippen molar-refractivity contribution in [1.82, 2.24) is 4.98 Å². The molecule has 1 aromatic heterocycles. The quantitative estimate of drug-likeness (QED) is 0.820. The molecule has 0 spiro atoms. The molecule has 1 aromatic carbocycles. The Kier molecular flexibility index (Phi) is 4.61. The van der Waals surface area contributed by atoms with E-state index in [0.717, 1.165) is 0 Å². The van der Waals surface area contributed by atoms with Gasteiger partial charge in [0, 0.05) is 17.8 Å². The number of benzene rings is 1. The number of hydrogen-bond donors (Lipinski definition) is 2. The molecule has 142 valence electrons. The van der Waals surface area contributed by atoms with Crippen molar-refractivity contribution in [2.45, 2.75) is 12.5 Å². The van der Waals surface area contributed by atoms with Gasteiger partial charge in [-0.2, -0.15) is 0 Å². The molecule has 27 heavy (non-hydrogen) atoms. The van der Waals surface area contributed by atoms with Gasteiger partial charge in [0.2, 0.25) is 0 Å². The van der Waals surface area contributed by atoms with Crippen molar-refractivity contribution < 1.29 is 22.7 Å². The number of ether oxygens (including phenoxy) is 2. The van der Waals surface area contributed by atoms with Crippen LogP contribution in [0.4, 0.5) is 11.4 Å². The van der Waals surface area contributed by atoms with E-state index in [9.17, 15) is 13.2 Å². The molecule has 9 heteroatoms. The summed E-state index contributed by atoms with van der Waals surface area (Å²) in [6, 6.07) is 8.40. The SMILES string of the molecule is O=C(Nc1ccc2c(c1)OCCO2)c1ccc(NC2CCS(=O)(=O)C2)cn1. The molecule has 2 aliphatic rings. The Labute approximate surface area is 156 Å². The van der Waals surface area contributed by atoms with Crippen LogP contribution >= 0.6 is 0 Å². The van der Waals surface area contributed by atoms with Crippen molar-refractivity contribution in [3.63, 3.8) is 0 Å². The molecule has 8 nitrogen and oxygen atoms in total. The highest BCUT2D eigenvalue weighted by Crippen LogP contribution is 2.32. The monoisotopic (exact) mass is 389 g/mol. The minimum atomic E-state index is -2.94. The average Bonchev–Trinajstić information content (AvgIpc) is 3.00. The van der Waals surface area contributed by atoms with Gasteiger partial charge < -0.3 is 20.1 Å². The van der Waals surface area contributed by atoms with Crippen LogP contribution in [0.2, 0.25) is 0 Å². The molecule has 0 bridgehead atoms. The summed E-state index contributed by atoms with van der Waals surface area (Å²) in [5, 5.41) is 5.92. The van der Waals surface area contributed by atoms with E-state index in [1.165, 1.54) is 6.20 Å². The van der Waals surface area contributed by atoms with Crippen molar-refractivity contribution in [1.29, 1.82) is 0 Å². The zero-order valence-electron chi connectivity index (χ0n) is 14.5. The zero-order valence-corrected chi connectivity index (χ0v) is 15.3. The number of aromatic nitrogens is 1. The van der Waals surface area contributed by atoms with E-state index in [0.29, 0.717) is 42.5 Å². The minimum absolute atomic E-state index is 0.116. The van der Waals surface area contributed by atoms with Crippen molar-refractivity contribution in [3.8, 4) is 11.5 Å². The fraction of sp³-hybridized carbons (Fsp3) is 0.333. The molecule has 2 aliphatic heterocycles. The largest absolute Gasteiger partial charge is 0.486 e. The predicted octanol–water partition coefficient (Wildman–Crippen LogP) is 1.70. The Morgan fingerprint density at radius 1 is 1.07 bits per heavy atom. The summed E-state index contributed by atoms with van der Waals surface area (Å²) in [6.07, 6.45) is 2.11. The fourth-order valence-electron chi connectivity index (χ4n) is 3.07. The van der Waals surface area contributed by atoms with E-state index in [4.69, 9.17) is 9.47 Å². The topological polar surface area (TPSA) is 107 Å². The number of carbonyl (C=O) groups excluding carboxylic acids is 1. The molecular weight excluding hydrogens is 370 g/mol. The molecule has 1 saturated heterocycles. The van der Waals surface area contributed by atoms with Crippen LogP contribution in [-0.2, 0) is 9.84 Å². The molecule has 2 N–H and O–H groups in total. The summed E-state index contributed by atoms with van der Waals surface area (Å²) in [4.78, 5) is 16.5. The van der Waals surface area contributed by atoms with Crippen LogP contribution in [0.1, 0.15) is 16.9 Å². The Balaban J connectivity index is 1.39.